The number of hydrogen-bond acceptors (Lipinski definition) is 4. The fraction of sp³-hybridized carbons (Fsp3) is 0.261. The molecule has 5 nitrogen and oxygen atoms in total. The van der Waals surface area contributed by atoms with Gasteiger partial charge in [0, 0.05) is 17.1 Å². The molecule has 1 fully saturated rings. The molecule has 1 atom stereocenters. The lowest BCUT2D eigenvalue weighted by Crippen LogP contribution is -2.43. The number of carbonyl (C=O) groups excluding carboxylic acids is 1. The van der Waals surface area contributed by atoms with Crippen molar-refractivity contribution in [2.45, 2.75) is 19.0 Å². The SMILES string of the molecule is O=C(COc1ccc2cc(Br)ccc2c1)N(Cc1ccccc1)[C@@H]1CCS(=O)(=O)C1. The predicted octanol–water partition coefficient (Wildman–Crippen LogP) is 4.20. The molecule has 1 saturated heterocycles. The highest BCUT2D eigenvalue weighted by Gasteiger charge is 2.34. The second-order valence-electron chi connectivity index (χ2n) is 7.51. The normalized spacial score (nSPS) is 17.7. The number of nitrogens with zero attached hydrogens (tertiary/aromatic N) is 1. The van der Waals surface area contributed by atoms with Crippen LogP contribution in [0.3, 0.4) is 0 Å². The molecule has 0 bridgehead atoms. The number of halogens is 1. The van der Waals surface area contributed by atoms with Crippen LogP contribution in [0, 0.1) is 0 Å². The van der Waals surface area contributed by atoms with Crippen LogP contribution in [-0.2, 0) is 21.2 Å². The van der Waals surface area contributed by atoms with Crippen LogP contribution in [0.1, 0.15) is 12.0 Å². The van der Waals surface area contributed by atoms with Crippen molar-refractivity contribution in [1.29, 1.82) is 0 Å². The third-order valence-corrected chi connectivity index (χ3v) is 7.54. The third-order valence-electron chi connectivity index (χ3n) is 5.30. The number of fused-ring (bicyclic) bond motifs is 1. The molecule has 7 heteroatoms. The maximum atomic E-state index is 13.0. The van der Waals surface area contributed by atoms with Gasteiger partial charge in [-0.1, -0.05) is 58.4 Å². The Kier molecular flexibility index (Phi) is 6.11. The van der Waals surface area contributed by atoms with Crippen LogP contribution in [0.15, 0.2) is 71.2 Å². The minimum Gasteiger partial charge on any atom is -0.484 e. The molecule has 0 unspecified atom stereocenters. The Labute approximate surface area is 184 Å². The van der Waals surface area contributed by atoms with E-state index in [1.165, 1.54) is 0 Å². The van der Waals surface area contributed by atoms with Crippen molar-refractivity contribution in [3.05, 3.63) is 76.8 Å². The Morgan fingerprint density at radius 3 is 2.50 bits per heavy atom. The summed E-state index contributed by atoms with van der Waals surface area (Å²) in [5.41, 5.74) is 0.964. The number of hydrogen-bond donors (Lipinski definition) is 0. The molecule has 0 saturated carbocycles. The van der Waals surface area contributed by atoms with Crippen molar-refractivity contribution in [2.24, 2.45) is 0 Å². The van der Waals surface area contributed by atoms with Crippen LogP contribution in [0.2, 0.25) is 0 Å². The van der Waals surface area contributed by atoms with Gasteiger partial charge in [-0.2, -0.15) is 0 Å². The zero-order valence-electron chi connectivity index (χ0n) is 16.3. The molecule has 156 valence electrons. The lowest BCUT2D eigenvalue weighted by molar-refractivity contribution is -0.136. The van der Waals surface area contributed by atoms with Gasteiger partial charge in [0.15, 0.2) is 16.4 Å². The second-order valence-corrected chi connectivity index (χ2v) is 10.7. The van der Waals surface area contributed by atoms with E-state index >= 15 is 0 Å². The van der Waals surface area contributed by atoms with Crippen molar-refractivity contribution in [3.63, 3.8) is 0 Å². The smallest absolute Gasteiger partial charge is 0.261 e. The summed E-state index contributed by atoms with van der Waals surface area (Å²) in [5, 5.41) is 2.09. The Morgan fingerprint density at radius 1 is 1.03 bits per heavy atom. The van der Waals surface area contributed by atoms with E-state index in [-0.39, 0.29) is 30.1 Å². The molecular formula is C23H22BrNO4S. The van der Waals surface area contributed by atoms with Gasteiger partial charge in [-0.3, -0.25) is 4.79 Å². The van der Waals surface area contributed by atoms with Gasteiger partial charge >= 0.3 is 0 Å². The first-order chi connectivity index (χ1) is 14.4. The van der Waals surface area contributed by atoms with Crippen molar-refractivity contribution in [3.8, 4) is 5.75 Å². The minimum atomic E-state index is -3.10. The maximum absolute atomic E-state index is 13.0. The number of rotatable bonds is 6. The third kappa shape index (κ3) is 5.02. The average Bonchev–Trinajstić information content (AvgIpc) is 3.10. The van der Waals surface area contributed by atoms with Crippen LogP contribution in [-0.4, -0.2) is 43.4 Å². The highest BCUT2D eigenvalue weighted by molar-refractivity contribution is 9.10. The van der Waals surface area contributed by atoms with E-state index in [4.69, 9.17) is 4.74 Å². The Balaban J connectivity index is 1.49. The van der Waals surface area contributed by atoms with Crippen molar-refractivity contribution < 1.29 is 17.9 Å². The van der Waals surface area contributed by atoms with Crippen molar-refractivity contribution >= 4 is 42.4 Å². The Hall–Kier alpha value is -2.38. The fourth-order valence-corrected chi connectivity index (χ4v) is 5.84. The second kappa shape index (κ2) is 8.78. The highest BCUT2D eigenvalue weighted by Crippen LogP contribution is 2.25. The largest absolute Gasteiger partial charge is 0.484 e. The lowest BCUT2D eigenvalue weighted by Gasteiger charge is -2.28. The lowest BCUT2D eigenvalue weighted by atomic mass is 10.1. The maximum Gasteiger partial charge on any atom is 0.261 e. The predicted molar refractivity (Wildman–Crippen MR) is 121 cm³/mol. The first-order valence-corrected chi connectivity index (χ1v) is 12.4. The Bertz CT molecular complexity index is 1160. The van der Waals surface area contributed by atoms with Crippen LogP contribution in [0.4, 0.5) is 0 Å². The molecule has 0 N–H and O–H groups in total. The molecule has 3 aromatic rings. The summed E-state index contributed by atoms with van der Waals surface area (Å²) in [6.07, 6.45) is 0.464. The van der Waals surface area contributed by atoms with Crippen LogP contribution >= 0.6 is 15.9 Å². The first kappa shape index (κ1) is 20.9. The Morgan fingerprint density at radius 2 is 1.77 bits per heavy atom. The number of amides is 1. The summed E-state index contributed by atoms with van der Waals surface area (Å²) >= 11 is 3.46. The first-order valence-electron chi connectivity index (χ1n) is 9.75. The van der Waals surface area contributed by atoms with Gasteiger partial charge < -0.3 is 9.64 Å². The van der Waals surface area contributed by atoms with E-state index in [0.29, 0.717) is 18.7 Å². The summed E-state index contributed by atoms with van der Waals surface area (Å²) in [7, 11) is -3.10. The number of ether oxygens (including phenoxy) is 1. The number of carbonyl (C=O) groups is 1. The molecule has 30 heavy (non-hydrogen) atoms. The monoisotopic (exact) mass is 487 g/mol. The molecule has 0 spiro atoms. The summed E-state index contributed by atoms with van der Waals surface area (Å²) < 4.78 is 30.7. The zero-order chi connectivity index (χ0) is 21.1. The van der Waals surface area contributed by atoms with E-state index in [1.54, 1.807) is 4.90 Å². The van der Waals surface area contributed by atoms with Gasteiger partial charge in [0.2, 0.25) is 0 Å². The standard InChI is InChI=1S/C23H22BrNO4S/c24-20-8-6-19-13-22(9-7-18(19)12-20)29-15-23(26)25(14-17-4-2-1-3-5-17)21-10-11-30(27,28)16-21/h1-9,12-13,21H,10-11,14-16H2/t21-/m1/s1. The highest BCUT2D eigenvalue weighted by atomic mass is 79.9. The molecule has 0 aliphatic carbocycles. The van der Waals surface area contributed by atoms with E-state index < -0.39 is 9.84 Å². The number of benzene rings is 3. The van der Waals surface area contributed by atoms with Crippen LogP contribution in [0.25, 0.3) is 10.8 Å². The van der Waals surface area contributed by atoms with E-state index in [9.17, 15) is 13.2 Å². The van der Waals surface area contributed by atoms with Crippen molar-refractivity contribution in [1.82, 2.24) is 4.90 Å². The van der Waals surface area contributed by atoms with Gasteiger partial charge in [-0.15, -0.1) is 0 Å². The molecular weight excluding hydrogens is 466 g/mol. The van der Waals surface area contributed by atoms with Gasteiger partial charge in [-0.05, 0) is 47.0 Å². The summed E-state index contributed by atoms with van der Waals surface area (Å²) in [6.45, 7) is 0.236. The quantitative estimate of drug-likeness (QED) is 0.522. The molecule has 1 heterocycles. The summed E-state index contributed by atoms with van der Waals surface area (Å²) in [6, 6.07) is 20.9. The van der Waals surface area contributed by atoms with Crippen LogP contribution < -0.4 is 4.74 Å². The van der Waals surface area contributed by atoms with E-state index in [0.717, 1.165) is 20.8 Å². The minimum absolute atomic E-state index is 0.0103. The topological polar surface area (TPSA) is 63.7 Å². The van der Waals surface area contributed by atoms with Gasteiger partial charge in [0.05, 0.1) is 11.5 Å². The molecule has 0 aromatic heterocycles. The molecule has 4 rings (SSSR count). The number of sulfone groups is 1. The van der Waals surface area contributed by atoms with Crippen molar-refractivity contribution in [2.75, 3.05) is 18.1 Å². The molecule has 1 amide bonds. The molecule has 0 radical (unpaired) electrons. The van der Waals surface area contributed by atoms with E-state index in [1.807, 2.05) is 66.7 Å². The van der Waals surface area contributed by atoms with Gasteiger partial charge in [0.25, 0.3) is 5.91 Å². The average molecular weight is 488 g/mol. The fourth-order valence-electron chi connectivity index (χ4n) is 3.73. The zero-order valence-corrected chi connectivity index (χ0v) is 18.7. The van der Waals surface area contributed by atoms with Gasteiger partial charge in [-0.25, -0.2) is 8.42 Å². The van der Waals surface area contributed by atoms with E-state index in [2.05, 4.69) is 15.9 Å². The van der Waals surface area contributed by atoms with Gasteiger partial charge in [0.1, 0.15) is 5.75 Å². The molecule has 3 aromatic carbocycles. The summed E-state index contributed by atoms with van der Waals surface area (Å²) in [5.74, 6) is 0.530. The summed E-state index contributed by atoms with van der Waals surface area (Å²) in [4.78, 5) is 14.7. The van der Waals surface area contributed by atoms with Crippen LogP contribution in [0.5, 0.6) is 5.75 Å². The molecule has 1 aliphatic heterocycles. The molecule has 1 aliphatic rings.